The van der Waals surface area contributed by atoms with Crippen LogP contribution in [0, 0.1) is 0 Å². The number of benzene rings is 1. The summed E-state index contributed by atoms with van der Waals surface area (Å²) in [5.41, 5.74) is 0.786. The number of amides is 2. The Bertz CT molecular complexity index is 818. The predicted molar refractivity (Wildman–Crippen MR) is 109 cm³/mol. The molecule has 0 aromatic heterocycles. The molecule has 0 radical (unpaired) electrons. The van der Waals surface area contributed by atoms with Crippen molar-refractivity contribution in [1.29, 1.82) is 0 Å². The molecule has 28 heavy (non-hydrogen) atoms. The van der Waals surface area contributed by atoms with E-state index in [2.05, 4.69) is 11.9 Å². The average molecular weight is 423 g/mol. The minimum atomic E-state index is -0.803. The van der Waals surface area contributed by atoms with Crippen LogP contribution >= 0.6 is 23.4 Å². The van der Waals surface area contributed by atoms with Crippen molar-refractivity contribution in [2.75, 3.05) is 5.75 Å². The molecule has 6 nitrogen and oxygen atoms in total. The maximum atomic E-state index is 12.7. The molecule has 2 heterocycles. The van der Waals surface area contributed by atoms with Gasteiger partial charge in [0.2, 0.25) is 11.8 Å². The number of halogens is 1. The quantitative estimate of drug-likeness (QED) is 0.458. The van der Waals surface area contributed by atoms with Gasteiger partial charge in [0.25, 0.3) is 0 Å². The number of hydrogen-bond donors (Lipinski definition) is 1. The smallest absolute Gasteiger partial charge is 0.333 e. The van der Waals surface area contributed by atoms with E-state index in [1.807, 2.05) is 0 Å². The van der Waals surface area contributed by atoms with Gasteiger partial charge in [-0.3, -0.25) is 9.59 Å². The summed E-state index contributed by atoms with van der Waals surface area (Å²) in [5.74, 6) is -0.498. The Hall–Kier alpha value is -1.99. The Kier molecular flexibility index (Phi) is 5.77. The number of fused-ring (bicyclic) bond motifs is 1. The summed E-state index contributed by atoms with van der Waals surface area (Å²) in [6, 6.07) is 5.52. The molecule has 3 rings (SSSR count). The Morgan fingerprint density at radius 1 is 1.32 bits per heavy atom. The summed E-state index contributed by atoms with van der Waals surface area (Å²) in [7, 11) is 0. The number of thioether (sulfide) groups is 1. The standard InChI is InChI=1S/C20H23ClN2O4S/c1-11-10-28-18-15(22-14(24)9-12-5-7-13(21)8-6-12)17(25)23(18)16(11)19(26)27-20(2,3)4/h5-8,15-16,18H,1,9-10H2,2-4H3,(H,22,24)/t15?,16?,18-/m1/s1. The van der Waals surface area contributed by atoms with E-state index in [0.29, 0.717) is 16.3 Å². The molecule has 1 aromatic carbocycles. The first-order chi connectivity index (χ1) is 13.1. The third-order valence-electron chi connectivity index (χ3n) is 4.41. The highest BCUT2D eigenvalue weighted by Crippen LogP contribution is 2.40. The number of β-lactam (4-membered cyclic amide) rings is 1. The molecule has 0 bridgehead atoms. The first-order valence-corrected chi connectivity index (χ1v) is 10.4. The molecule has 150 valence electrons. The van der Waals surface area contributed by atoms with Gasteiger partial charge >= 0.3 is 5.97 Å². The van der Waals surface area contributed by atoms with Crippen molar-refractivity contribution in [3.05, 3.63) is 47.0 Å². The van der Waals surface area contributed by atoms with Crippen LogP contribution in [0.5, 0.6) is 0 Å². The van der Waals surface area contributed by atoms with E-state index in [9.17, 15) is 14.4 Å². The van der Waals surface area contributed by atoms with Crippen molar-refractivity contribution in [2.45, 2.75) is 50.3 Å². The van der Waals surface area contributed by atoms with Crippen LogP contribution in [0.1, 0.15) is 26.3 Å². The lowest BCUT2D eigenvalue weighted by atomic mass is 9.98. The maximum absolute atomic E-state index is 12.7. The van der Waals surface area contributed by atoms with Crippen molar-refractivity contribution < 1.29 is 19.1 Å². The molecule has 2 amide bonds. The summed E-state index contributed by atoms with van der Waals surface area (Å²) in [5, 5.41) is 3.08. The van der Waals surface area contributed by atoms with Gasteiger partial charge in [0.1, 0.15) is 17.0 Å². The second kappa shape index (κ2) is 7.79. The van der Waals surface area contributed by atoms with E-state index >= 15 is 0 Å². The zero-order valence-electron chi connectivity index (χ0n) is 16.0. The summed E-state index contributed by atoms with van der Waals surface area (Å²) >= 11 is 7.34. The number of ether oxygens (including phenoxy) is 1. The highest BCUT2D eigenvalue weighted by molar-refractivity contribution is 8.00. The van der Waals surface area contributed by atoms with Gasteiger partial charge in [-0.2, -0.15) is 0 Å². The molecule has 1 N–H and O–H groups in total. The minimum Gasteiger partial charge on any atom is -0.458 e. The largest absolute Gasteiger partial charge is 0.458 e. The normalized spacial score (nSPS) is 24.3. The summed E-state index contributed by atoms with van der Waals surface area (Å²) in [6.45, 7) is 9.27. The third-order valence-corrected chi connectivity index (χ3v) is 6.04. The Morgan fingerprint density at radius 2 is 1.96 bits per heavy atom. The monoisotopic (exact) mass is 422 g/mol. The van der Waals surface area contributed by atoms with Gasteiger partial charge < -0.3 is 15.0 Å². The fraction of sp³-hybridized carbons (Fsp3) is 0.450. The van der Waals surface area contributed by atoms with E-state index < -0.39 is 23.7 Å². The molecule has 2 aliphatic heterocycles. The molecule has 0 aliphatic carbocycles. The lowest BCUT2D eigenvalue weighted by Gasteiger charge is -2.53. The van der Waals surface area contributed by atoms with Gasteiger partial charge in [-0.05, 0) is 44.0 Å². The van der Waals surface area contributed by atoms with Gasteiger partial charge in [-0.15, -0.1) is 11.8 Å². The number of carbonyl (C=O) groups is 3. The van der Waals surface area contributed by atoms with Crippen LogP contribution in [-0.4, -0.2) is 51.5 Å². The van der Waals surface area contributed by atoms with Crippen LogP contribution < -0.4 is 5.32 Å². The van der Waals surface area contributed by atoms with Gasteiger partial charge in [0.15, 0.2) is 6.04 Å². The van der Waals surface area contributed by atoms with Crippen LogP contribution in [0.25, 0.3) is 0 Å². The highest BCUT2D eigenvalue weighted by Gasteiger charge is 2.56. The predicted octanol–water partition coefficient (Wildman–Crippen LogP) is 2.55. The fourth-order valence-corrected chi connectivity index (χ4v) is 4.62. The number of esters is 1. The molecule has 2 fully saturated rings. The second-order valence-corrected chi connectivity index (χ2v) is 9.43. The van der Waals surface area contributed by atoms with Crippen LogP contribution in [0.4, 0.5) is 0 Å². The van der Waals surface area contributed by atoms with E-state index in [-0.39, 0.29) is 23.6 Å². The second-order valence-electron chi connectivity index (χ2n) is 7.89. The lowest BCUT2D eigenvalue weighted by molar-refractivity contribution is -0.170. The molecule has 0 saturated carbocycles. The summed E-state index contributed by atoms with van der Waals surface area (Å²) in [6.07, 6.45) is 0.153. The minimum absolute atomic E-state index is 0.153. The zero-order chi connectivity index (χ0) is 20.6. The van der Waals surface area contributed by atoms with Gasteiger partial charge in [0.05, 0.1) is 6.42 Å². The van der Waals surface area contributed by atoms with Gasteiger partial charge in [0, 0.05) is 10.8 Å². The van der Waals surface area contributed by atoms with E-state index in [0.717, 1.165) is 5.56 Å². The van der Waals surface area contributed by atoms with Crippen molar-refractivity contribution in [1.82, 2.24) is 10.2 Å². The van der Waals surface area contributed by atoms with E-state index in [4.69, 9.17) is 16.3 Å². The molecular formula is C20H23ClN2O4S. The Labute approximate surface area is 173 Å². The van der Waals surface area contributed by atoms with Crippen molar-refractivity contribution in [2.24, 2.45) is 0 Å². The highest BCUT2D eigenvalue weighted by atomic mass is 35.5. The third kappa shape index (κ3) is 4.36. The SMILES string of the molecule is C=C1CS[C@@H]2C(NC(=O)Cc3ccc(Cl)cc3)C(=O)N2C1C(=O)OC(C)(C)C. The van der Waals surface area contributed by atoms with Crippen LogP contribution in [0.2, 0.25) is 5.02 Å². The average Bonchev–Trinajstić information content (AvgIpc) is 2.60. The fourth-order valence-electron chi connectivity index (χ4n) is 3.19. The topological polar surface area (TPSA) is 75.7 Å². The number of rotatable bonds is 4. The van der Waals surface area contributed by atoms with Crippen molar-refractivity contribution in [3.8, 4) is 0 Å². The van der Waals surface area contributed by atoms with Crippen LogP contribution in [-0.2, 0) is 25.5 Å². The number of carbonyl (C=O) groups excluding carboxylic acids is 3. The lowest BCUT2D eigenvalue weighted by Crippen LogP contribution is -2.74. The number of hydrogen-bond acceptors (Lipinski definition) is 5. The molecule has 0 spiro atoms. The van der Waals surface area contributed by atoms with Gasteiger partial charge in [-0.1, -0.05) is 30.3 Å². The Morgan fingerprint density at radius 3 is 2.57 bits per heavy atom. The van der Waals surface area contributed by atoms with E-state index in [1.165, 1.54) is 16.7 Å². The van der Waals surface area contributed by atoms with Crippen molar-refractivity contribution in [3.63, 3.8) is 0 Å². The van der Waals surface area contributed by atoms with Gasteiger partial charge in [-0.25, -0.2) is 4.79 Å². The molecule has 8 heteroatoms. The molecular weight excluding hydrogens is 400 g/mol. The number of nitrogens with one attached hydrogen (secondary N) is 1. The zero-order valence-corrected chi connectivity index (χ0v) is 17.6. The van der Waals surface area contributed by atoms with Crippen molar-refractivity contribution >= 4 is 41.1 Å². The Balaban J connectivity index is 1.65. The maximum Gasteiger partial charge on any atom is 0.333 e. The molecule has 3 atom stereocenters. The summed E-state index contributed by atoms with van der Waals surface area (Å²) < 4.78 is 5.45. The molecule has 1 aromatic rings. The van der Waals surface area contributed by atoms with E-state index in [1.54, 1.807) is 45.0 Å². The molecule has 2 saturated heterocycles. The first-order valence-electron chi connectivity index (χ1n) is 8.95. The molecule has 2 unspecified atom stereocenters. The van der Waals surface area contributed by atoms with Crippen LogP contribution in [0.3, 0.4) is 0 Å². The molecule has 2 aliphatic rings. The number of nitrogens with zero attached hydrogens (tertiary/aromatic N) is 1. The van der Waals surface area contributed by atoms with Crippen LogP contribution in [0.15, 0.2) is 36.4 Å². The summed E-state index contributed by atoms with van der Waals surface area (Å²) in [4.78, 5) is 39.1. The first kappa shape index (κ1) is 20.7.